The summed E-state index contributed by atoms with van der Waals surface area (Å²) in [6.45, 7) is 0.543. The van der Waals surface area contributed by atoms with Gasteiger partial charge in [0.25, 0.3) is 0 Å². The fourth-order valence-corrected chi connectivity index (χ4v) is 1.70. The summed E-state index contributed by atoms with van der Waals surface area (Å²) in [7, 11) is 5.05. The first-order chi connectivity index (χ1) is 7.81. The van der Waals surface area contributed by atoms with E-state index in [1.807, 2.05) is 18.2 Å². The molecule has 0 fully saturated rings. The van der Waals surface area contributed by atoms with Crippen molar-refractivity contribution in [3.8, 4) is 0 Å². The Hall–Kier alpha value is -0.900. The van der Waals surface area contributed by atoms with Crippen molar-refractivity contribution < 1.29 is 14.2 Å². The van der Waals surface area contributed by atoms with Crippen LogP contribution in [0.4, 0.5) is 0 Å². The Morgan fingerprint density at radius 1 is 0.938 bits per heavy atom. The SMILES string of the molecule is COCC(OC)C(Cc1ccccc1)OC. The van der Waals surface area contributed by atoms with E-state index in [2.05, 4.69) is 12.1 Å². The fourth-order valence-electron chi connectivity index (χ4n) is 1.70. The van der Waals surface area contributed by atoms with Crippen LogP contribution in [0.3, 0.4) is 0 Å². The highest BCUT2D eigenvalue weighted by Crippen LogP contribution is 2.11. The summed E-state index contributed by atoms with van der Waals surface area (Å²) in [5.74, 6) is 0. The van der Waals surface area contributed by atoms with Crippen molar-refractivity contribution >= 4 is 0 Å². The van der Waals surface area contributed by atoms with Gasteiger partial charge in [-0.15, -0.1) is 0 Å². The molecular weight excluding hydrogens is 204 g/mol. The van der Waals surface area contributed by atoms with E-state index in [0.717, 1.165) is 6.42 Å². The fraction of sp³-hybridized carbons (Fsp3) is 0.538. The number of benzene rings is 1. The summed E-state index contributed by atoms with van der Waals surface area (Å²) in [6, 6.07) is 10.2. The van der Waals surface area contributed by atoms with Crippen LogP contribution in [0, 0.1) is 0 Å². The van der Waals surface area contributed by atoms with Gasteiger partial charge in [-0.1, -0.05) is 30.3 Å². The summed E-state index contributed by atoms with van der Waals surface area (Å²) in [6.07, 6.45) is 0.821. The molecule has 0 aliphatic heterocycles. The van der Waals surface area contributed by atoms with Gasteiger partial charge in [0.05, 0.1) is 12.7 Å². The second-order valence-corrected chi connectivity index (χ2v) is 3.69. The Balaban J connectivity index is 2.60. The second kappa shape index (κ2) is 7.39. The van der Waals surface area contributed by atoms with Crippen LogP contribution in [-0.2, 0) is 20.6 Å². The highest BCUT2D eigenvalue weighted by molar-refractivity contribution is 5.15. The number of ether oxygens (including phenoxy) is 3. The Kier molecular flexibility index (Phi) is 6.08. The first-order valence-electron chi connectivity index (χ1n) is 5.40. The first kappa shape index (κ1) is 13.2. The zero-order chi connectivity index (χ0) is 11.8. The molecule has 0 spiro atoms. The molecule has 1 aromatic rings. The minimum Gasteiger partial charge on any atom is -0.382 e. The van der Waals surface area contributed by atoms with Gasteiger partial charge in [0, 0.05) is 27.8 Å². The third-order valence-corrected chi connectivity index (χ3v) is 2.63. The Bertz CT molecular complexity index is 274. The smallest absolute Gasteiger partial charge is 0.107 e. The van der Waals surface area contributed by atoms with E-state index in [0.29, 0.717) is 6.61 Å². The zero-order valence-electron chi connectivity index (χ0n) is 10.2. The predicted molar refractivity (Wildman–Crippen MR) is 63.6 cm³/mol. The van der Waals surface area contributed by atoms with Gasteiger partial charge in [0.1, 0.15) is 6.10 Å². The predicted octanol–water partition coefficient (Wildman–Crippen LogP) is 1.91. The van der Waals surface area contributed by atoms with E-state index in [-0.39, 0.29) is 12.2 Å². The number of methoxy groups -OCH3 is 3. The van der Waals surface area contributed by atoms with E-state index in [9.17, 15) is 0 Å². The van der Waals surface area contributed by atoms with E-state index in [1.54, 1.807) is 21.3 Å². The largest absolute Gasteiger partial charge is 0.382 e. The maximum Gasteiger partial charge on any atom is 0.107 e. The number of hydrogen-bond acceptors (Lipinski definition) is 3. The number of hydrogen-bond donors (Lipinski definition) is 0. The molecule has 0 radical (unpaired) electrons. The molecule has 0 aliphatic carbocycles. The molecule has 0 N–H and O–H groups in total. The van der Waals surface area contributed by atoms with E-state index in [1.165, 1.54) is 5.56 Å². The van der Waals surface area contributed by atoms with Crippen molar-refractivity contribution in [1.82, 2.24) is 0 Å². The number of rotatable bonds is 7. The maximum absolute atomic E-state index is 5.45. The Labute approximate surface area is 97.3 Å². The van der Waals surface area contributed by atoms with Crippen LogP contribution in [0.25, 0.3) is 0 Å². The van der Waals surface area contributed by atoms with Gasteiger partial charge in [-0.3, -0.25) is 0 Å². The van der Waals surface area contributed by atoms with E-state index in [4.69, 9.17) is 14.2 Å². The third-order valence-electron chi connectivity index (χ3n) is 2.63. The molecule has 0 saturated heterocycles. The molecule has 90 valence electrons. The van der Waals surface area contributed by atoms with Crippen molar-refractivity contribution in [2.75, 3.05) is 27.9 Å². The molecule has 3 nitrogen and oxygen atoms in total. The van der Waals surface area contributed by atoms with Crippen molar-refractivity contribution in [2.45, 2.75) is 18.6 Å². The van der Waals surface area contributed by atoms with Crippen molar-refractivity contribution in [1.29, 1.82) is 0 Å². The van der Waals surface area contributed by atoms with Crippen LogP contribution in [0.5, 0.6) is 0 Å². The van der Waals surface area contributed by atoms with Gasteiger partial charge in [0.15, 0.2) is 0 Å². The third kappa shape index (κ3) is 3.93. The molecular formula is C13H20O3. The van der Waals surface area contributed by atoms with Crippen LogP contribution in [0.15, 0.2) is 30.3 Å². The van der Waals surface area contributed by atoms with Crippen LogP contribution in [0.1, 0.15) is 5.56 Å². The van der Waals surface area contributed by atoms with Gasteiger partial charge in [-0.2, -0.15) is 0 Å². The molecule has 3 heteroatoms. The molecule has 0 heterocycles. The van der Waals surface area contributed by atoms with Crippen LogP contribution >= 0.6 is 0 Å². The van der Waals surface area contributed by atoms with Gasteiger partial charge in [-0.25, -0.2) is 0 Å². The van der Waals surface area contributed by atoms with Crippen LogP contribution in [-0.4, -0.2) is 40.1 Å². The molecule has 0 saturated carbocycles. The average Bonchev–Trinajstić information content (AvgIpc) is 2.35. The highest BCUT2D eigenvalue weighted by atomic mass is 16.6. The van der Waals surface area contributed by atoms with Gasteiger partial charge < -0.3 is 14.2 Å². The summed E-state index contributed by atoms with van der Waals surface area (Å²) in [5.41, 5.74) is 1.24. The van der Waals surface area contributed by atoms with E-state index < -0.39 is 0 Å². The van der Waals surface area contributed by atoms with E-state index >= 15 is 0 Å². The normalized spacial score (nSPS) is 14.7. The minimum atomic E-state index is -0.0322. The first-order valence-corrected chi connectivity index (χ1v) is 5.40. The maximum atomic E-state index is 5.45. The lowest BCUT2D eigenvalue weighted by Crippen LogP contribution is -2.35. The zero-order valence-corrected chi connectivity index (χ0v) is 10.2. The lowest BCUT2D eigenvalue weighted by atomic mass is 10.0. The standard InChI is InChI=1S/C13H20O3/c1-14-10-13(16-3)12(15-2)9-11-7-5-4-6-8-11/h4-8,12-13H,9-10H2,1-3H3. The Morgan fingerprint density at radius 3 is 2.06 bits per heavy atom. The van der Waals surface area contributed by atoms with Crippen LogP contribution < -0.4 is 0 Å². The average molecular weight is 224 g/mol. The molecule has 1 aromatic carbocycles. The molecule has 0 aromatic heterocycles. The summed E-state index contributed by atoms with van der Waals surface area (Å²) >= 11 is 0. The Morgan fingerprint density at radius 2 is 1.56 bits per heavy atom. The molecule has 0 amide bonds. The van der Waals surface area contributed by atoms with Gasteiger partial charge >= 0.3 is 0 Å². The lowest BCUT2D eigenvalue weighted by Gasteiger charge is -2.24. The monoisotopic (exact) mass is 224 g/mol. The van der Waals surface area contributed by atoms with Gasteiger partial charge in [-0.05, 0) is 5.56 Å². The summed E-state index contributed by atoms with van der Waals surface area (Å²) in [4.78, 5) is 0. The minimum absolute atomic E-state index is 0.0207. The molecule has 2 atom stereocenters. The molecule has 1 rings (SSSR count). The van der Waals surface area contributed by atoms with Crippen molar-refractivity contribution in [3.05, 3.63) is 35.9 Å². The van der Waals surface area contributed by atoms with Crippen molar-refractivity contribution in [2.24, 2.45) is 0 Å². The molecule has 16 heavy (non-hydrogen) atoms. The van der Waals surface area contributed by atoms with Crippen LogP contribution in [0.2, 0.25) is 0 Å². The summed E-state index contributed by atoms with van der Waals surface area (Å²) in [5, 5.41) is 0. The lowest BCUT2D eigenvalue weighted by molar-refractivity contribution is -0.0671. The van der Waals surface area contributed by atoms with Gasteiger partial charge in [0.2, 0.25) is 0 Å². The molecule has 2 unspecified atom stereocenters. The van der Waals surface area contributed by atoms with Crippen molar-refractivity contribution in [3.63, 3.8) is 0 Å². The summed E-state index contributed by atoms with van der Waals surface area (Å²) < 4.78 is 15.9. The topological polar surface area (TPSA) is 27.7 Å². The highest BCUT2D eigenvalue weighted by Gasteiger charge is 2.21. The second-order valence-electron chi connectivity index (χ2n) is 3.69. The quantitative estimate of drug-likeness (QED) is 0.708. The molecule has 0 bridgehead atoms. The molecule has 0 aliphatic rings.